The molecule has 11 heteroatoms. The summed E-state index contributed by atoms with van der Waals surface area (Å²) in [5.74, 6) is -0.379. The second-order valence-electron chi connectivity index (χ2n) is 8.50. The van der Waals surface area contributed by atoms with E-state index < -0.39 is 0 Å². The number of fused-ring (bicyclic) bond motifs is 2. The molecule has 1 aliphatic rings. The summed E-state index contributed by atoms with van der Waals surface area (Å²) in [5, 5.41) is 22.4. The summed E-state index contributed by atoms with van der Waals surface area (Å²) < 4.78 is 0. The van der Waals surface area contributed by atoms with Gasteiger partial charge in [0.25, 0.3) is 11.8 Å². The SMILES string of the molecule is Cc1c2c(cc(Cl)c1C(=O)N[C@H](C)CN/C(N)=N\C#N)CN(C(=O)c1ccc3cn[nH]c3c1)CC2. The molecule has 0 radical (unpaired) electrons. The lowest BCUT2D eigenvalue weighted by molar-refractivity contribution is 0.0734. The molecule has 0 spiro atoms. The van der Waals surface area contributed by atoms with Crippen LogP contribution >= 0.6 is 11.6 Å². The molecule has 1 atom stereocenters. The molecule has 5 N–H and O–H groups in total. The quantitative estimate of drug-likeness (QED) is 0.243. The first kappa shape index (κ1) is 24.0. The average Bonchev–Trinajstić information content (AvgIpc) is 3.30. The molecule has 1 aromatic heterocycles. The average molecular weight is 493 g/mol. The standard InChI is InChI=1S/C24H25ClN8O2/c1-13(9-28-24(27)29-12-26)31-22(34)21-14(2)18-5-6-33(11-17(18)7-19(21)25)23(35)15-3-4-16-10-30-32-20(16)8-15/h3-4,7-8,10,13H,5-6,9,11H2,1-2H3,(H,30,32)(H,31,34)(H3,27,28,29)/t13-/m1/s1. The van der Waals surface area contributed by atoms with Crippen molar-refractivity contribution in [2.45, 2.75) is 32.9 Å². The van der Waals surface area contributed by atoms with E-state index in [-0.39, 0.29) is 23.8 Å². The number of rotatable bonds is 5. The first-order valence-corrected chi connectivity index (χ1v) is 11.5. The molecule has 2 heterocycles. The van der Waals surface area contributed by atoms with Crippen LogP contribution in [0.1, 0.15) is 44.3 Å². The Hall–Kier alpha value is -4.10. The maximum Gasteiger partial charge on any atom is 0.254 e. The van der Waals surface area contributed by atoms with Crippen LogP contribution in [0.2, 0.25) is 5.02 Å². The molecule has 0 unspecified atom stereocenters. The van der Waals surface area contributed by atoms with Crippen LogP contribution in [0.4, 0.5) is 0 Å². The monoisotopic (exact) mass is 492 g/mol. The van der Waals surface area contributed by atoms with Crippen molar-refractivity contribution in [3.63, 3.8) is 0 Å². The Kier molecular flexibility index (Phi) is 6.89. The van der Waals surface area contributed by atoms with E-state index in [0.717, 1.165) is 27.6 Å². The fourth-order valence-corrected chi connectivity index (χ4v) is 4.67. The summed E-state index contributed by atoms with van der Waals surface area (Å²) in [6.45, 7) is 4.93. The number of nitriles is 1. The van der Waals surface area contributed by atoms with Crippen LogP contribution in [0.5, 0.6) is 0 Å². The number of H-pyrrole nitrogens is 1. The van der Waals surface area contributed by atoms with Gasteiger partial charge in [0.15, 0.2) is 0 Å². The number of aromatic nitrogens is 2. The molecule has 10 nitrogen and oxygen atoms in total. The molecular weight excluding hydrogens is 468 g/mol. The second-order valence-corrected chi connectivity index (χ2v) is 8.90. The summed E-state index contributed by atoms with van der Waals surface area (Å²) in [7, 11) is 0. The number of carbonyl (C=O) groups excluding carboxylic acids is 2. The lowest BCUT2D eigenvalue weighted by Crippen LogP contribution is -2.44. The minimum atomic E-state index is -0.299. The summed E-state index contributed by atoms with van der Waals surface area (Å²) in [6.07, 6.45) is 3.93. The number of hydrogen-bond acceptors (Lipinski definition) is 5. The van der Waals surface area contributed by atoms with E-state index in [0.29, 0.717) is 42.2 Å². The Morgan fingerprint density at radius 1 is 1.40 bits per heavy atom. The number of carbonyl (C=O) groups is 2. The number of guanidine groups is 1. The van der Waals surface area contributed by atoms with E-state index in [1.165, 1.54) is 0 Å². The summed E-state index contributed by atoms with van der Waals surface area (Å²) in [5.41, 5.74) is 10.1. The minimum Gasteiger partial charge on any atom is -0.369 e. The molecule has 0 saturated carbocycles. The molecule has 35 heavy (non-hydrogen) atoms. The van der Waals surface area contributed by atoms with Gasteiger partial charge < -0.3 is 21.3 Å². The Labute approximate surface area is 207 Å². The predicted octanol–water partition coefficient (Wildman–Crippen LogP) is 2.23. The van der Waals surface area contributed by atoms with Gasteiger partial charge in [0.1, 0.15) is 0 Å². The zero-order valence-corrected chi connectivity index (χ0v) is 20.1. The molecule has 0 aliphatic carbocycles. The number of nitrogens with two attached hydrogens (primary N) is 1. The van der Waals surface area contributed by atoms with Crippen LogP contribution in [0.3, 0.4) is 0 Å². The third-order valence-corrected chi connectivity index (χ3v) is 6.39. The van der Waals surface area contributed by atoms with Crippen molar-refractivity contribution < 1.29 is 9.59 Å². The highest BCUT2D eigenvalue weighted by atomic mass is 35.5. The van der Waals surface area contributed by atoms with E-state index in [1.807, 2.05) is 19.1 Å². The number of nitrogens with zero attached hydrogens (tertiary/aromatic N) is 4. The van der Waals surface area contributed by atoms with Crippen molar-refractivity contribution in [3.05, 3.63) is 63.3 Å². The third kappa shape index (κ3) is 5.05. The lowest BCUT2D eigenvalue weighted by atomic mass is 9.91. The normalized spacial score (nSPS) is 14.2. The number of hydrogen-bond donors (Lipinski definition) is 4. The topological polar surface area (TPSA) is 152 Å². The number of halogens is 1. The Morgan fingerprint density at radius 3 is 2.97 bits per heavy atom. The first-order valence-electron chi connectivity index (χ1n) is 11.1. The van der Waals surface area contributed by atoms with Gasteiger partial charge in [-0.15, -0.1) is 4.99 Å². The fraction of sp³-hybridized carbons (Fsp3) is 0.292. The summed E-state index contributed by atoms with van der Waals surface area (Å²) in [4.78, 5) is 31.3. The van der Waals surface area contributed by atoms with Crippen LogP contribution in [0.15, 0.2) is 35.5 Å². The number of aliphatic imine (C=N–C) groups is 1. The lowest BCUT2D eigenvalue weighted by Gasteiger charge is -2.31. The minimum absolute atomic E-state index is 0.0137. The largest absolute Gasteiger partial charge is 0.369 e. The van der Waals surface area contributed by atoms with Crippen LogP contribution in [0, 0.1) is 18.4 Å². The molecule has 1 aliphatic heterocycles. The predicted molar refractivity (Wildman–Crippen MR) is 133 cm³/mol. The van der Waals surface area contributed by atoms with Gasteiger partial charge in [-0.05, 0) is 55.2 Å². The smallest absolute Gasteiger partial charge is 0.254 e. The molecule has 180 valence electrons. The van der Waals surface area contributed by atoms with Crippen LogP contribution in [-0.2, 0) is 13.0 Å². The molecule has 4 rings (SSSR count). The maximum atomic E-state index is 13.1. The van der Waals surface area contributed by atoms with E-state index in [9.17, 15) is 9.59 Å². The number of benzene rings is 2. The Bertz CT molecular complexity index is 1370. The summed E-state index contributed by atoms with van der Waals surface area (Å²) >= 11 is 6.54. The highest BCUT2D eigenvalue weighted by Gasteiger charge is 2.27. The van der Waals surface area contributed by atoms with Crippen molar-refractivity contribution in [3.8, 4) is 6.19 Å². The van der Waals surface area contributed by atoms with Gasteiger partial charge >= 0.3 is 0 Å². The van der Waals surface area contributed by atoms with Gasteiger partial charge in [-0.2, -0.15) is 10.4 Å². The Morgan fingerprint density at radius 2 is 2.20 bits per heavy atom. The van der Waals surface area contributed by atoms with Crippen LogP contribution < -0.4 is 16.4 Å². The molecular formula is C24H25ClN8O2. The third-order valence-electron chi connectivity index (χ3n) is 6.09. The number of amides is 2. The fourth-order valence-electron chi connectivity index (χ4n) is 4.31. The molecule has 2 amide bonds. The molecule has 3 aromatic rings. The van der Waals surface area contributed by atoms with Crippen molar-refractivity contribution >= 4 is 40.3 Å². The molecule has 0 bridgehead atoms. The van der Waals surface area contributed by atoms with E-state index in [4.69, 9.17) is 22.6 Å². The zero-order chi connectivity index (χ0) is 25.1. The van der Waals surface area contributed by atoms with Crippen molar-refractivity contribution in [2.24, 2.45) is 10.7 Å². The summed E-state index contributed by atoms with van der Waals surface area (Å²) in [6, 6.07) is 6.97. The highest BCUT2D eigenvalue weighted by molar-refractivity contribution is 6.34. The van der Waals surface area contributed by atoms with E-state index in [2.05, 4.69) is 25.8 Å². The number of aromatic amines is 1. The van der Waals surface area contributed by atoms with Gasteiger partial charge in [0, 0.05) is 36.6 Å². The van der Waals surface area contributed by atoms with Crippen LogP contribution in [-0.4, -0.2) is 52.0 Å². The first-order chi connectivity index (χ1) is 16.8. The van der Waals surface area contributed by atoms with Crippen molar-refractivity contribution in [1.82, 2.24) is 25.7 Å². The van der Waals surface area contributed by atoms with Crippen LogP contribution in [0.25, 0.3) is 10.9 Å². The van der Waals surface area contributed by atoms with Crippen molar-refractivity contribution in [2.75, 3.05) is 13.1 Å². The highest BCUT2D eigenvalue weighted by Crippen LogP contribution is 2.31. The van der Waals surface area contributed by atoms with E-state index >= 15 is 0 Å². The van der Waals surface area contributed by atoms with Gasteiger partial charge in [0.05, 0.1) is 22.3 Å². The maximum absolute atomic E-state index is 13.1. The van der Waals surface area contributed by atoms with E-state index in [1.54, 1.807) is 36.3 Å². The number of nitrogens with one attached hydrogen (secondary N) is 3. The molecule has 0 fully saturated rings. The molecule has 2 aromatic carbocycles. The Balaban J connectivity index is 1.48. The second kappa shape index (κ2) is 10.0. The van der Waals surface area contributed by atoms with Gasteiger partial charge in [-0.3, -0.25) is 14.7 Å². The zero-order valence-electron chi connectivity index (χ0n) is 19.4. The van der Waals surface area contributed by atoms with Crippen molar-refractivity contribution in [1.29, 1.82) is 5.26 Å². The van der Waals surface area contributed by atoms with Gasteiger partial charge in [-0.25, -0.2) is 0 Å². The molecule has 0 saturated heterocycles. The van der Waals surface area contributed by atoms with Gasteiger partial charge in [0.2, 0.25) is 12.2 Å². The van der Waals surface area contributed by atoms with Gasteiger partial charge in [-0.1, -0.05) is 17.7 Å².